The summed E-state index contributed by atoms with van der Waals surface area (Å²) in [5.74, 6) is 0.0181. The van der Waals surface area contributed by atoms with E-state index in [0.29, 0.717) is 5.75 Å². The van der Waals surface area contributed by atoms with Gasteiger partial charge in [0.1, 0.15) is 5.75 Å². The van der Waals surface area contributed by atoms with Gasteiger partial charge in [-0.05, 0) is 62.6 Å². The first-order valence-electron chi connectivity index (χ1n) is 9.71. The Morgan fingerprint density at radius 3 is 2.29 bits per heavy atom. The summed E-state index contributed by atoms with van der Waals surface area (Å²) in [5.41, 5.74) is 3.02. The quantitative estimate of drug-likeness (QED) is 0.773. The topological polar surface area (TPSA) is 70.7 Å². The summed E-state index contributed by atoms with van der Waals surface area (Å²) < 4.78 is 5.40. The lowest BCUT2D eigenvalue weighted by atomic mass is 10.1. The van der Waals surface area contributed by atoms with Gasteiger partial charge in [0.15, 0.2) is 6.61 Å². The zero-order valence-corrected chi connectivity index (χ0v) is 16.2. The van der Waals surface area contributed by atoms with Crippen LogP contribution >= 0.6 is 0 Å². The first-order chi connectivity index (χ1) is 13.6. The van der Waals surface area contributed by atoms with Crippen LogP contribution < -0.4 is 20.3 Å². The molecule has 28 heavy (non-hydrogen) atoms. The van der Waals surface area contributed by atoms with Crippen molar-refractivity contribution in [1.29, 1.82) is 0 Å². The molecule has 0 aromatic heterocycles. The van der Waals surface area contributed by atoms with E-state index in [0.717, 1.165) is 24.3 Å². The van der Waals surface area contributed by atoms with Crippen LogP contribution in [0.5, 0.6) is 5.75 Å². The molecule has 1 aliphatic rings. The van der Waals surface area contributed by atoms with Gasteiger partial charge in [-0.25, -0.2) is 0 Å². The number of anilines is 2. The molecule has 0 atom stereocenters. The van der Waals surface area contributed by atoms with Gasteiger partial charge in [0, 0.05) is 24.5 Å². The van der Waals surface area contributed by atoms with Crippen molar-refractivity contribution >= 4 is 23.2 Å². The van der Waals surface area contributed by atoms with Crippen LogP contribution in [-0.2, 0) is 9.59 Å². The van der Waals surface area contributed by atoms with Crippen molar-refractivity contribution in [3.63, 3.8) is 0 Å². The van der Waals surface area contributed by atoms with Crippen molar-refractivity contribution in [1.82, 2.24) is 5.32 Å². The standard InChI is InChI=1S/C22H27N3O3/c1-17-5-11-20(12-6-17)28-16-22(27)23-15-21(26)24-18-7-9-19(10-8-18)25-13-3-2-4-14-25/h5-12H,2-4,13-16H2,1H3,(H,23,27)(H,24,26). The van der Waals surface area contributed by atoms with Crippen LogP contribution in [0.4, 0.5) is 11.4 Å². The highest BCUT2D eigenvalue weighted by atomic mass is 16.5. The van der Waals surface area contributed by atoms with E-state index in [-0.39, 0.29) is 25.0 Å². The second kappa shape index (κ2) is 9.78. The molecule has 1 heterocycles. The molecule has 1 saturated heterocycles. The Balaban J connectivity index is 1.38. The molecular weight excluding hydrogens is 354 g/mol. The van der Waals surface area contributed by atoms with Crippen LogP contribution in [0.3, 0.4) is 0 Å². The number of benzene rings is 2. The zero-order valence-electron chi connectivity index (χ0n) is 16.2. The SMILES string of the molecule is Cc1ccc(OCC(=O)NCC(=O)Nc2ccc(N3CCCCC3)cc2)cc1. The number of ether oxygens (including phenoxy) is 1. The number of nitrogens with zero attached hydrogens (tertiary/aromatic N) is 1. The summed E-state index contributed by atoms with van der Waals surface area (Å²) in [6.07, 6.45) is 3.75. The van der Waals surface area contributed by atoms with Crippen LogP contribution in [0.2, 0.25) is 0 Å². The van der Waals surface area contributed by atoms with E-state index in [1.807, 2.05) is 55.5 Å². The predicted molar refractivity (Wildman–Crippen MR) is 111 cm³/mol. The second-order valence-corrected chi connectivity index (χ2v) is 7.02. The Morgan fingerprint density at radius 2 is 1.61 bits per heavy atom. The molecule has 0 radical (unpaired) electrons. The number of hydrogen-bond acceptors (Lipinski definition) is 4. The zero-order chi connectivity index (χ0) is 19.8. The van der Waals surface area contributed by atoms with Crippen LogP contribution in [0.25, 0.3) is 0 Å². The Bertz CT molecular complexity index is 782. The van der Waals surface area contributed by atoms with Crippen LogP contribution in [0, 0.1) is 6.92 Å². The van der Waals surface area contributed by atoms with Crippen molar-refractivity contribution in [3.8, 4) is 5.75 Å². The van der Waals surface area contributed by atoms with Gasteiger partial charge in [-0.2, -0.15) is 0 Å². The molecular formula is C22H27N3O3. The number of aryl methyl sites for hydroxylation is 1. The van der Waals surface area contributed by atoms with Gasteiger partial charge < -0.3 is 20.3 Å². The van der Waals surface area contributed by atoms with Gasteiger partial charge in [-0.1, -0.05) is 17.7 Å². The average Bonchev–Trinajstić information content (AvgIpc) is 2.73. The second-order valence-electron chi connectivity index (χ2n) is 7.02. The van der Waals surface area contributed by atoms with Gasteiger partial charge in [-0.3, -0.25) is 9.59 Å². The molecule has 2 aromatic carbocycles. The van der Waals surface area contributed by atoms with Gasteiger partial charge in [0.2, 0.25) is 5.91 Å². The fourth-order valence-electron chi connectivity index (χ4n) is 3.13. The molecule has 1 aliphatic heterocycles. The molecule has 2 aromatic rings. The highest BCUT2D eigenvalue weighted by Crippen LogP contribution is 2.21. The summed E-state index contributed by atoms with van der Waals surface area (Å²) in [5, 5.41) is 5.36. The Morgan fingerprint density at radius 1 is 0.929 bits per heavy atom. The first kappa shape index (κ1) is 19.7. The minimum atomic E-state index is -0.337. The highest BCUT2D eigenvalue weighted by molar-refractivity contribution is 5.94. The normalized spacial score (nSPS) is 13.7. The number of piperidine rings is 1. The summed E-state index contributed by atoms with van der Waals surface area (Å²) in [6, 6.07) is 15.3. The first-order valence-corrected chi connectivity index (χ1v) is 9.71. The fourth-order valence-corrected chi connectivity index (χ4v) is 3.13. The minimum Gasteiger partial charge on any atom is -0.484 e. The van der Waals surface area contributed by atoms with Gasteiger partial charge >= 0.3 is 0 Å². The van der Waals surface area contributed by atoms with Gasteiger partial charge in [-0.15, -0.1) is 0 Å². The average molecular weight is 381 g/mol. The van der Waals surface area contributed by atoms with Crippen LogP contribution in [0.1, 0.15) is 24.8 Å². The third-order valence-electron chi connectivity index (χ3n) is 4.71. The van der Waals surface area contributed by atoms with E-state index >= 15 is 0 Å². The van der Waals surface area contributed by atoms with Crippen molar-refractivity contribution in [2.24, 2.45) is 0 Å². The molecule has 2 N–H and O–H groups in total. The van der Waals surface area contributed by atoms with Crippen molar-refractivity contribution in [2.75, 3.05) is 36.5 Å². The van der Waals surface area contributed by atoms with E-state index < -0.39 is 0 Å². The molecule has 0 aliphatic carbocycles. The largest absolute Gasteiger partial charge is 0.484 e. The van der Waals surface area contributed by atoms with E-state index in [2.05, 4.69) is 15.5 Å². The predicted octanol–water partition coefficient (Wildman–Crippen LogP) is 3.12. The monoisotopic (exact) mass is 381 g/mol. The van der Waals surface area contributed by atoms with Crippen molar-refractivity contribution < 1.29 is 14.3 Å². The lowest BCUT2D eigenvalue weighted by Gasteiger charge is -2.28. The molecule has 0 bridgehead atoms. The van der Waals surface area contributed by atoms with Crippen LogP contribution in [0.15, 0.2) is 48.5 Å². The minimum absolute atomic E-state index is 0.0933. The molecule has 2 amide bonds. The third-order valence-corrected chi connectivity index (χ3v) is 4.71. The number of hydrogen-bond donors (Lipinski definition) is 2. The van der Waals surface area contributed by atoms with E-state index in [1.165, 1.54) is 24.9 Å². The number of carbonyl (C=O) groups is 2. The van der Waals surface area contributed by atoms with Crippen molar-refractivity contribution in [2.45, 2.75) is 26.2 Å². The Kier molecular flexibility index (Phi) is 6.89. The maximum absolute atomic E-state index is 12.0. The molecule has 0 spiro atoms. The number of amides is 2. The summed E-state index contributed by atoms with van der Waals surface area (Å²) in [4.78, 5) is 26.2. The van der Waals surface area contributed by atoms with Gasteiger partial charge in [0.05, 0.1) is 6.54 Å². The van der Waals surface area contributed by atoms with E-state index in [1.54, 1.807) is 0 Å². The van der Waals surface area contributed by atoms with Gasteiger partial charge in [0.25, 0.3) is 5.91 Å². The highest BCUT2D eigenvalue weighted by Gasteiger charge is 2.11. The summed E-state index contributed by atoms with van der Waals surface area (Å²) >= 11 is 0. The Hall–Kier alpha value is -3.02. The third kappa shape index (κ3) is 6.01. The molecule has 6 nitrogen and oxygen atoms in total. The summed E-state index contributed by atoms with van der Waals surface area (Å²) in [7, 11) is 0. The molecule has 0 unspecified atom stereocenters. The maximum atomic E-state index is 12.0. The smallest absolute Gasteiger partial charge is 0.258 e. The lowest BCUT2D eigenvalue weighted by Crippen LogP contribution is -2.35. The molecule has 148 valence electrons. The van der Waals surface area contributed by atoms with Crippen molar-refractivity contribution in [3.05, 3.63) is 54.1 Å². The Labute approximate surface area is 165 Å². The van der Waals surface area contributed by atoms with E-state index in [9.17, 15) is 9.59 Å². The molecule has 1 fully saturated rings. The van der Waals surface area contributed by atoms with Crippen LogP contribution in [-0.4, -0.2) is 38.1 Å². The van der Waals surface area contributed by atoms with E-state index in [4.69, 9.17) is 4.74 Å². The number of carbonyl (C=O) groups excluding carboxylic acids is 2. The fraction of sp³-hybridized carbons (Fsp3) is 0.364. The number of rotatable bonds is 7. The summed E-state index contributed by atoms with van der Waals surface area (Å²) in [6.45, 7) is 3.94. The molecule has 0 saturated carbocycles. The lowest BCUT2D eigenvalue weighted by molar-refractivity contribution is -0.125. The molecule has 6 heteroatoms. The molecule has 3 rings (SSSR count). The maximum Gasteiger partial charge on any atom is 0.258 e. The number of nitrogens with one attached hydrogen (secondary N) is 2.